The van der Waals surface area contributed by atoms with Gasteiger partial charge in [-0.3, -0.25) is 9.59 Å². The quantitative estimate of drug-likeness (QED) is 0.379. The van der Waals surface area contributed by atoms with Gasteiger partial charge >= 0.3 is 0 Å². The molecule has 3 aromatic carbocycles. The molecule has 0 aliphatic carbocycles. The van der Waals surface area contributed by atoms with Gasteiger partial charge in [-0.15, -0.1) is 0 Å². The molecular formula is C25H23NO3. The Kier molecular flexibility index (Phi) is 5.17. The van der Waals surface area contributed by atoms with Crippen molar-refractivity contribution in [1.29, 1.82) is 0 Å². The van der Waals surface area contributed by atoms with Gasteiger partial charge in [0.2, 0.25) is 0 Å². The van der Waals surface area contributed by atoms with Crippen molar-refractivity contribution >= 4 is 28.2 Å². The summed E-state index contributed by atoms with van der Waals surface area (Å²) in [7, 11) is 0. The summed E-state index contributed by atoms with van der Waals surface area (Å²) in [5.41, 5.74) is 1.55. The van der Waals surface area contributed by atoms with Crippen LogP contribution in [0.15, 0.2) is 78.4 Å². The third kappa shape index (κ3) is 3.31. The van der Waals surface area contributed by atoms with Gasteiger partial charge in [-0.05, 0) is 22.8 Å². The molecule has 0 aromatic heterocycles. The van der Waals surface area contributed by atoms with Crippen LogP contribution in [0.3, 0.4) is 0 Å². The number of carbonyl (C=O) groups excluding carboxylic acids is 2. The standard InChI is InChI=1S/C25H23NO3/c1-2-3-16-26-22(20-15-9-13-17-10-7-8-14-19(17)20)21(24(28)25(26)29)23(27)18-11-5-4-6-12-18/h4-15,22,27H,2-3,16H2,1H3/b23-21-. The normalized spacial score (nSPS) is 18.5. The number of likely N-dealkylation sites (tertiary alicyclic amines) is 1. The van der Waals surface area contributed by atoms with E-state index in [2.05, 4.69) is 0 Å². The SMILES string of the molecule is CCCCN1C(=O)C(=O)/C(=C(\O)c2ccccc2)C1c1cccc2ccccc12. The Balaban J connectivity index is 1.96. The minimum atomic E-state index is -0.625. The van der Waals surface area contributed by atoms with Crippen LogP contribution in [0.1, 0.15) is 36.9 Å². The van der Waals surface area contributed by atoms with Crippen molar-refractivity contribution in [2.45, 2.75) is 25.8 Å². The van der Waals surface area contributed by atoms with Crippen LogP contribution in [-0.2, 0) is 9.59 Å². The molecule has 4 nitrogen and oxygen atoms in total. The maximum absolute atomic E-state index is 13.0. The highest BCUT2D eigenvalue weighted by Crippen LogP contribution is 2.41. The molecule has 3 aromatic rings. The first-order valence-corrected chi connectivity index (χ1v) is 9.95. The van der Waals surface area contributed by atoms with E-state index in [0.717, 1.165) is 29.2 Å². The average molecular weight is 385 g/mol. The highest BCUT2D eigenvalue weighted by molar-refractivity contribution is 6.46. The van der Waals surface area contributed by atoms with Crippen molar-refractivity contribution in [3.8, 4) is 0 Å². The number of hydrogen-bond acceptors (Lipinski definition) is 3. The Morgan fingerprint density at radius 1 is 0.931 bits per heavy atom. The van der Waals surface area contributed by atoms with Gasteiger partial charge in [0.05, 0.1) is 11.6 Å². The van der Waals surface area contributed by atoms with Crippen molar-refractivity contribution in [2.75, 3.05) is 6.54 Å². The van der Waals surface area contributed by atoms with Crippen LogP contribution in [-0.4, -0.2) is 28.2 Å². The van der Waals surface area contributed by atoms with E-state index >= 15 is 0 Å². The van der Waals surface area contributed by atoms with E-state index in [4.69, 9.17) is 0 Å². The topological polar surface area (TPSA) is 57.6 Å². The lowest BCUT2D eigenvalue weighted by atomic mass is 9.91. The zero-order valence-electron chi connectivity index (χ0n) is 16.3. The molecule has 1 fully saturated rings. The molecule has 1 atom stereocenters. The highest BCUT2D eigenvalue weighted by atomic mass is 16.3. The van der Waals surface area contributed by atoms with Gasteiger partial charge in [-0.1, -0.05) is 86.1 Å². The minimum Gasteiger partial charge on any atom is -0.507 e. The minimum absolute atomic E-state index is 0.124. The third-order valence-electron chi connectivity index (χ3n) is 5.46. The van der Waals surface area contributed by atoms with Crippen LogP contribution >= 0.6 is 0 Å². The zero-order chi connectivity index (χ0) is 20.4. The van der Waals surface area contributed by atoms with E-state index in [1.54, 1.807) is 29.2 Å². The first kappa shape index (κ1) is 18.9. The fraction of sp³-hybridized carbons (Fsp3) is 0.200. The number of carbonyl (C=O) groups is 2. The van der Waals surface area contributed by atoms with Gasteiger partial charge in [-0.2, -0.15) is 0 Å². The Morgan fingerprint density at radius 3 is 2.38 bits per heavy atom. The molecular weight excluding hydrogens is 362 g/mol. The number of ketones is 1. The van der Waals surface area contributed by atoms with Gasteiger partial charge < -0.3 is 10.0 Å². The predicted molar refractivity (Wildman–Crippen MR) is 114 cm³/mol. The lowest BCUT2D eigenvalue weighted by molar-refractivity contribution is -0.139. The average Bonchev–Trinajstić information content (AvgIpc) is 3.02. The third-order valence-corrected chi connectivity index (χ3v) is 5.46. The molecule has 1 N–H and O–H groups in total. The van der Waals surface area contributed by atoms with Gasteiger partial charge in [0.1, 0.15) is 5.76 Å². The number of benzene rings is 3. The largest absolute Gasteiger partial charge is 0.507 e. The summed E-state index contributed by atoms with van der Waals surface area (Å²) in [5.74, 6) is -1.30. The summed E-state index contributed by atoms with van der Waals surface area (Å²) in [6, 6.07) is 22.1. The molecule has 1 heterocycles. The Bertz CT molecular complexity index is 1100. The van der Waals surface area contributed by atoms with Crippen LogP contribution in [0.2, 0.25) is 0 Å². The Labute approximate surface area is 170 Å². The van der Waals surface area contributed by atoms with Gasteiger partial charge in [0.25, 0.3) is 11.7 Å². The van der Waals surface area contributed by atoms with E-state index in [-0.39, 0.29) is 11.3 Å². The van der Waals surface area contributed by atoms with Crippen LogP contribution in [0.4, 0.5) is 0 Å². The lowest BCUT2D eigenvalue weighted by Gasteiger charge is -2.26. The number of hydrogen-bond donors (Lipinski definition) is 1. The number of rotatable bonds is 5. The molecule has 1 unspecified atom stereocenters. The number of aliphatic hydroxyl groups is 1. The molecule has 1 aliphatic heterocycles. The number of aliphatic hydroxyl groups excluding tert-OH is 1. The summed E-state index contributed by atoms with van der Waals surface area (Å²) < 4.78 is 0. The maximum atomic E-state index is 13.0. The second-order valence-corrected chi connectivity index (χ2v) is 7.28. The summed E-state index contributed by atoms with van der Waals surface area (Å²) in [6.07, 6.45) is 1.70. The molecule has 1 amide bonds. The summed E-state index contributed by atoms with van der Waals surface area (Å²) in [5, 5.41) is 13.0. The van der Waals surface area contributed by atoms with Crippen molar-refractivity contribution in [2.24, 2.45) is 0 Å². The first-order chi connectivity index (χ1) is 14.1. The van der Waals surface area contributed by atoms with E-state index in [1.807, 2.05) is 55.5 Å². The molecule has 4 rings (SSSR count). The number of unbranched alkanes of at least 4 members (excludes halogenated alkanes) is 1. The molecule has 0 spiro atoms. The van der Waals surface area contributed by atoms with Crippen LogP contribution in [0.5, 0.6) is 0 Å². The van der Waals surface area contributed by atoms with E-state index < -0.39 is 17.7 Å². The van der Waals surface area contributed by atoms with Gasteiger partial charge in [0, 0.05) is 12.1 Å². The predicted octanol–water partition coefficient (Wildman–Crippen LogP) is 5.06. The van der Waals surface area contributed by atoms with E-state index in [9.17, 15) is 14.7 Å². The monoisotopic (exact) mass is 385 g/mol. The molecule has 146 valence electrons. The smallest absolute Gasteiger partial charge is 0.295 e. The molecule has 1 aliphatic rings. The fourth-order valence-electron chi connectivity index (χ4n) is 4.00. The second kappa shape index (κ2) is 7.92. The summed E-state index contributed by atoms with van der Waals surface area (Å²) >= 11 is 0. The molecule has 29 heavy (non-hydrogen) atoms. The van der Waals surface area contributed by atoms with Gasteiger partial charge in [-0.25, -0.2) is 0 Å². The zero-order valence-corrected chi connectivity index (χ0v) is 16.3. The maximum Gasteiger partial charge on any atom is 0.295 e. The Hall–Kier alpha value is -3.40. The van der Waals surface area contributed by atoms with Crippen molar-refractivity contribution in [3.05, 3.63) is 89.5 Å². The molecule has 0 radical (unpaired) electrons. The van der Waals surface area contributed by atoms with Crippen LogP contribution in [0.25, 0.3) is 16.5 Å². The second-order valence-electron chi connectivity index (χ2n) is 7.28. The van der Waals surface area contributed by atoms with Crippen molar-refractivity contribution < 1.29 is 14.7 Å². The van der Waals surface area contributed by atoms with E-state index in [0.29, 0.717) is 12.1 Å². The highest BCUT2D eigenvalue weighted by Gasteiger charge is 2.46. The molecule has 4 heteroatoms. The van der Waals surface area contributed by atoms with Crippen molar-refractivity contribution in [3.63, 3.8) is 0 Å². The number of fused-ring (bicyclic) bond motifs is 1. The van der Waals surface area contributed by atoms with Crippen LogP contribution < -0.4 is 0 Å². The van der Waals surface area contributed by atoms with Crippen molar-refractivity contribution in [1.82, 2.24) is 4.90 Å². The Morgan fingerprint density at radius 2 is 1.62 bits per heavy atom. The molecule has 0 saturated carbocycles. The van der Waals surface area contributed by atoms with E-state index in [1.165, 1.54) is 0 Å². The molecule has 0 bridgehead atoms. The number of nitrogens with zero attached hydrogens (tertiary/aromatic N) is 1. The first-order valence-electron chi connectivity index (χ1n) is 9.95. The summed E-state index contributed by atoms with van der Waals surface area (Å²) in [4.78, 5) is 27.5. The fourth-order valence-corrected chi connectivity index (χ4v) is 4.00. The lowest BCUT2D eigenvalue weighted by Crippen LogP contribution is -2.30. The van der Waals surface area contributed by atoms with Gasteiger partial charge in [0.15, 0.2) is 0 Å². The summed E-state index contributed by atoms with van der Waals surface area (Å²) in [6.45, 7) is 2.52. The number of Topliss-reactive ketones (excluding diaryl/α,β-unsaturated/α-hetero) is 1. The number of amides is 1. The van der Waals surface area contributed by atoms with Crippen LogP contribution in [0, 0.1) is 0 Å². The molecule has 1 saturated heterocycles.